The fraction of sp³-hybridized carbons (Fsp3) is 0.400. The normalized spacial score (nSPS) is 17.5. The van der Waals surface area contributed by atoms with Gasteiger partial charge >= 0.3 is 0 Å². The first kappa shape index (κ1) is 12.9. The summed E-state index contributed by atoms with van der Waals surface area (Å²) in [6.45, 7) is 0. The zero-order valence-corrected chi connectivity index (χ0v) is 12.3. The fourth-order valence-corrected chi connectivity index (χ4v) is 4.30. The number of thiophene rings is 2. The minimum Gasteiger partial charge on any atom is -0.344 e. The Labute approximate surface area is 121 Å². The second-order valence-electron chi connectivity index (χ2n) is 5.02. The molecule has 0 aromatic carbocycles. The van der Waals surface area contributed by atoms with Crippen LogP contribution in [0.4, 0.5) is 0 Å². The summed E-state index contributed by atoms with van der Waals surface area (Å²) in [7, 11) is 0. The number of hydrogen-bond donors (Lipinski definition) is 1. The van der Waals surface area contributed by atoms with Gasteiger partial charge in [-0.3, -0.25) is 4.79 Å². The Balaban J connectivity index is 1.77. The lowest BCUT2D eigenvalue weighted by molar-refractivity contribution is 0.0923. The second-order valence-corrected chi connectivity index (χ2v) is 6.78. The molecule has 1 atom stereocenters. The molecule has 100 valence electrons. The molecule has 2 aromatic rings. The highest BCUT2D eigenvalue weighted by molar-refractivity contribution is 7.10. The Morgan fingerprint density at radius 3 is 2.74 bits per heavy atom. The minimum atomic E-state index is 0.0616. The van der Waals surface area contributed by atoms with Crippen LogP contribution in [0.25, 0.3) is 0 Å². The summed E-state index contributed by atoms with van der Waals surface area (Å²) in [6, 6.07) is 6.29. The van der Waals surface area contributed by atoms with E-state index < -0.39 is 0 Å². The van der Waals surface area contributed by atoms with E-state index in [1.54, 1.807) is 22.7 Å². The Hall–Kier alpha value is -1.13. The van der Waals surface area contributed by atoms with Crippen molar-refractivity contribution >= 4 is 28.6 Å². The van der Waals surface area contributed by atoms with Crippen molar-refractivity contribution in [1.29, 1.82) is 0 Å². The van der Waals surface area contributed by atoms with Crippen LogP contribution in [0.15, 0.2) is 34.3 Å². The first-order valence-electron chi connectivity index (χ1n) is 6.71. The smallest absolute Gasteiger partial charge is 0.252 e. The molecule has 0 bridgehead atoms. The molecule has 1 N–H and O–H groups in total. The lowest BCUT2D eigenvalue weighted by Crippen LogP contribution is -2.32. The van der Waals surface area contributed by atoms with Crippen molar-refractivity contribution in [3.8, 4) is 0 Å². The van der Waals surface area contributed by atoms with Crippen LogP contribution in [0.3, 0.4) is 0 Å². The van der Waals surface area contributed by atoms with Crippen molar-refractivity contribution in [3.63, 3.8) is 0 Å². The van der Waals surface area contributed by atoms with E-state index in [1.807, 2.05) is 16.8 Å². The SMILES string of the molecule is O=C(N[C@@H](c1cccs1)C1CCCC1)c1ccsc1. The third-order valence-electron chi connectivity index (χ3n) is 3.79. The molecule has 3 rings (SSSR count). The fourth-order valence-electron chi connectivity index (χ4n) is 2.80. The molecule has 0 unspecified atom stereocenters. The minimum absolute atomic E-state index is 0.0616. The lowest BCUT2D eigenvalue weighted by atomic mass is 9.96. The van der Waals surface area contributed by atoms with E-state index in [0.717, 1.165) is 5.56 Å². The van der Waals surface area contributed by atoms with Crippen LogP contribution in [-0.4, -0.2) is 5.91 Å². The second kappa shape index (κ2) is 5.88. The third kappa shape index (κ3) is 2.90. The van der Waals surface area contributed by atoms with Gasteiger partial charge < -0.3 is 5.32 Å². The molecule has 0 aliphatic heterocycles. The summed E-state index contributed by atoms with van der Waals surface area (Å²) in [4.78, 5) is 13.6. The van der Waals surface area contributed by atoms with Crippen molar-refractivity contribution < 1.29 is 4.79 Å². The van der Waals surface area contributed by atoms with Crippen LogP contribution < -0.4 is 5.32 Å². The summed E-state index contributed by atoms with van der Waals surface area (Å²) in [6.07, 6.45) is 5.04. The first-order valence-corrected chi connectivity index (χ1v) is 8.53. The molecule has 2 heterocycles. The maximum Gasteiger partial charge on any atom is 0.252 e. The predicted octanol–water partition coefficient (Wildman–Crippen LogP) is 4.47. The van der Waals surface area contributed by atoms with E-state index in [9.17, 15) is 4.79 Å². The number of nitrogens with one attached hydrogen (secondary N) is 1. The van der Waals surface area contributed by atoms with Crippen molar-refractivity contribution in [2.24, 2.45) is 5.92 Å². The van der Waals surface area contributed by atoms with Crippen molar-refractivity contribution in [1.82, 2.24) is 5.32 Å². The van der Waals surface area contributed by atoms with Gasteiger partial charge in [-0.1, -0.05) is 18.9 Å². The molecule has 2 nitrogen and oxygen atoms in total. The molecule has 4 heteroatoms. The van der Waals surface area contributed by atoms with Crippen LogP contribution in [-0.2, 0) is 0 Å². The molecule has 19 heavy (non-hydrogen) atoms. The molecule has 1 saturated carbocycles. The van der Waals surface area contributed by atoms with Gasteiger partial charge in [-0.05, 0) is 41.7 Å². The Kier molecular flexibility index (Phi) is 3.99. The van der Waals surface area contributed by atoms with E-state index in [-0.39, 0.29) is 11.9 Å². The molecule has 0 radical (unpaired) electrons. The Morgan fingerprint density at radius 2 is 2.11 bits per heavy atom. The van der Waals surface area contributed by atoms with Gasteiger partial charge in [0.15, 0.2) is 0 Å². The highest BCUT2D eigenvalue weighted by Crippen LogP contribution is 2.37. The summed E-state index contributed by atoms with van der Waals surface area (Å²) in [5.41, 5.74) is 0.782. The maximum absolute atomic E-state index is 12.3. The quantitative estimate of drug-likeness (QED) is 0.884. The Morgan fingerprint density at radius 1 is 1.26 bits per heavy atom. The summed E-state index contributed by atoms with van der Waals surface area (Å²) < 4.78 is 0. The van der Waals surface area contributed by atoms with Gasteiger partial charge in [0.25, 0.3) is 5.91 Å². The van der Waals surface area contributed by atoms with Crippen LogP contribution in [0, 0.1) is 5.92 Å². The van der Waals surface area contributed by atoms with Crippen molar-refractivity contribution in [2.45, 2.75) is 31.7 Å². The first-order chi connectivity index (χ1) is 9.34. The summed E-state index contributed by atoms with van der Waals surface area (Å²) >= 11 is 3.31. The largest absolute Gasteiger partial charge is 0.344 e. The average molecular weight is 291 g/mol. The van der Waals surface area contributed by atoms with Crippen LogP contribution >= 0.6 is 22.7 Å². The van der Waals surface area contributed by atoms with Gasteiger partial charge in [0.05, 0.1) is 11.6 Å². The molecule has 0 spiro atoms. The maximum atomic E-state index is 12.3. The van der Waals surface area contributed by atoms with E-state index in [2.05, 4.69) is 22.8 Å². The molecule has 1 fully saturated rings. The van der Waals surface area contributed by atoms with Crippen molar-refractivity contribution in [3.05, 3.63) is 44.8 Å². The molecular formula is C15H17NOS2. The molecule has 2 aromatic heterocycles. The zero-order valence-electron chi connectivity index (χ0n) is 10.7. The monoisotopic (exact) mass is 291 g/mol. The number of rotatable bonds is 4. The predicted molar refractivity (Wildman–Crippen MR) is 80.8 cm³/mol. The number of carbonyl (C=O) groups is 1. The van der Waals surface area contributed by atoms with Gasteiger partial charge in [0.1, 0.15) is 0 Å². The van der Waals surface area contributed by atoms with Crippen LogP contribution in [0.5, 0.6) is 0 Å². The molecule has 1 aliphatic rings. The standard InChI is InChI=1S/C15H17NOS2/c17-15(12-7-9-18-10-12)16-14(11-4-1-2-5-11)13-6-3-8-19-13/h3,6-11,14H,1-2,4-5H2,(H,16,17)/t14-/m1/s1. The third-order valence-corrected chi connectivity index (χ3v) is 5.43. The number of carbonyl (C=O) groups excluding carboxylic acids is 1. The van der Waals surface area contributed by atoms with Crippen LogP contribution in [0.2, 0.25) is 0 Å². The molecule has 1 aliphatic carbocycles. The van der Waals surface area contributed by atoms with E-state index >= 15 is 0 Å². The van der Waals surface area contributed by atoms with E-state index in [4.69, 9.17) is 0 Å². The summed E-state index contributed by atoms with van der Waals surface area (Å²) in [5.74, 6) is 0.660. The number of amides is 1. The number of hydrogen-bond acceptors (Lipinski definition) is 3. The van der Waals surface area contributed by atoms with Gasteiger partial charge in [-0.25, -0.2) is 0 Å². The highest BCUT2D eigenvalue weighted by atomic mass is 32.1. The lowest BCUT2D eigenvalue weighted by Gasteiger charge is -2.23. The van der Waals surface area contributed by atoms with E-state index in [1.165, 1.54) is 30.6 Å². The molecular weight excluding hydrogens is 274 g/mol. The summed E-state index contributed by atoms with van der Waals surface area (Å²) in [5, 5.41) is 9.19. The average Bonchev–Trinajstić information content (AvgIpc) is 3.17. The van der Waals surface area contributed by atoms with Gasteiger partial charge in [-0.15, -0.1) is 11.3 Å². The Bertz CT molecular complexity index is 512. The van der Waals surface area contributed by atoms with Crippen LogP contribution in [0.1, 0.15) is 47.0 Å². The van der Waals surface area contributed by atoms with Gasteiger partial charge in [0.2, 0.25) is 0 Å². The van der Waals surface area contributed by atoms with Crippen molar-refractivity contribution in [2.75, 3.05) is 0 Å². The molecule has 1 amide bonds. The topological polar surface area (TPSA) is 29.1 Å². The van der Waals surface area contributed by atoms with E-state index in [0.29, 0.717) is 5.92 Å². The molecule has 0 saturated heterocycles. The zero-order chi connectivity index (χ0) is 13.1. The van der Waals surface area contributed by atoms with Gasteiger partial charge in [-0.2, -0.15) is 11.3 Å². The van der Waals surface area contributed by atoms with Gasteiger partial charge in [0, 0.05) is 10.3 Å². The highest BCUT2D eigenvalue weighted by Gasteiger charge is 2.28.